The Kier molecular flexibility index (Phi) is 4.93. The molecule has 102 valence electrons. The molecule has 2 aromatic rings. The molecule has 0 bridgehead atoms. The third-order valence-corrected chi connectivity index (χ3v) is 2.67. The molecule has 1 aromatic heterocycles. The van der Waals surface area contributed by atoms with E-state index in [2.05, 4.69) is 22.1 Å². The third kappa shape index (κ3) is 3.97. The van der Waals surface area contributed by atoms with Gasteiger partial charge in [0.05, 0.1) is 12.9 Å². The van der Waals surface area contributed by atoms with Crippen molar-refractivity contribution < 1.29 is 4.79 Å². The van der Waals surface area contributed by atoms with Gasteiger partial charge in [0.25, 0.3) is 5.91 Å². The Morgan fingerprint density at radius 1 is 1.45 bits per heavy atom. The summed E-state index contributed by atoms with van der Waals surface area (Å²) < 4.78 is 1.91. The van der Waals surface area contributed by atoms with Crippen molar-refractivity contribution in [1.82, 2.24) is 14.9 Å². The number of carbonyl (C=O) groups is 1. The van der Waals surface area contributed by atoms with E-state index >= 15 is 0 Å². The summed E-state index contributed by atoms with van der Waals surface area (Å²) in [6, 6.07) is 7.19. The van der Waals surface area contributed by atoms with Gasteiger partial charge in [-0.25, -0.2) is 4.98 Å². The second-order valence-electron chi connectivity index (χ2n) is 4.14. The number of carbonyl (C=O) groups excluding carboxylic acids is 1. The number of imidazole rings is 1. The van der Waals surface area contributed by atoms with Crippen molar-refractivity contribution in [3.8, 4) is 11.8 Å². The van der Waals surface area contributed by atoms with Gasteiger partial charge in [-0.1, -0.05) is 17.9 Å². The Hall–Kier alpha value is -2.58. The van der Waals surface area contributed by atoms with E-state index < -0.39 is 0 Å². The molecule has 0 saturated carbocycles. The van der Waals surface area contributed by atoms with Crippen LogP contribution in [0, 0.1) is 11.8 Å². The van der Waals surface area contributed by atoms with E-state index in [-0.39, 0.29) is 5.91 Å². The Morgan fingerprint density at radius 2 is 2.35 bits per heavy atom. The highest BCUT2D eigenvalue weighted by Crippen LogP contribution is 2.04. The molecule has 1 heterocycles. The Bertz CT molecular complexity index is 623. The van der Waals surface area contributed by atoms with Crippen molar-refractivity contribution in [1.29, 1.82) is 0 Å². The molecule has 0 aliphatic rings. The molecule has 5 nitrogen and oxygen atoms in total. The zero-order valence-corrected chi connectivity index (χ0v) is 11.0. The van der Waals surface area contributed by atoms with Crippen LogP contribution in [0.4, 0.5) is 0 Å². The number of amides is 1. The molecule has 0 aliphatic carbocycles. The molecule has 3 N–H and O–H groups in total. The molecule has 20 heavy (non-hydrogen) atoms. The van der Waals surface area contributed by atoms with Crippen LogP contribution in [0.15, 0.2) is 43.0 Å². The summed E-state index contributed by atoms with van der Waals surface area (Å²) >= 11 is 0. The zero-order valence-electron chi connectivity index (χ0n) is 11.0. The van der Waals surface area contributed by atoms with E-state index in [4.69, 9.17) is 5.73 Å². The molecular formula is C15H16N4O. The topological polar surface area (TPSA) is 72.9 Å². The number of hydrogen-bond acceptors (Lipinski definition) is 3. The van der Waals surface area contributed by atoms with E-state index in [0.29, 0.717) is 25.2 Å². The van der Waals surface area contributed by atoms with Crippen molar-refractivity contribution in [3.63, 3.8) is 0 Å². The van der Waals surface area contributed by atoms with E-state index in [0.717, 1.165) is 5.56 Å². The fourth-order valence-corrected chi connectivity index (χ4v) is 1.71. The van der Waals surface area contributed by atoms with Gasteiger partial charge < -0.3 is 15.6 Å². The predicted octanol–water partition coefficient (Wildman–Crippen LogP) is 0.623. The summed E-state index contributed by atoms with van der Waals surface area (Å²) in [5.41, 5.74) is 6.71. The summed E-state index contributed by atoms with van der Waals surface area (Å²) in [6.45, 7) is 1.55. The molecule has 0 saturated heterocycles. The number of aromatic nitrogens is 2. The first-order valence-corrected chi connectivity index (χ1v) is 6.32. The van der Waals surface area contributed by atoms with Crippen LogP contribution < -0.4 is 11.1 Å². The molecular weight excluding hydrogens is 252 g/mol. The monoisotopic (exact) mass is 268 g/mol. The lowest BCUT2D eigenvalue weighted by molar-refractivity contribution is 0.0952. The van der Waals surface area contributed by atoms with Crippen LogP contribution in [0.3, 0.4) is 0 Å². The van der Waals surface area contributed by atoms with Gasteiger partial charge in [-0.05, 0) is 18.2 Å². The van der Waals surface area contributed by atoms with Gasteiger partial charge in [0.1, 0.15) is 0 Å². The summed E-state index contributed by atoms with van der Waals surface area (Å²) in [7, 11) is 0. The maximum Gasteiger partial charge on any atom is 0.251 e. The minimum absolute atomic E-state index is 0.110. The average molecular weight is 268 g/mol. The molecule has 0 unspecified atom stereocenters. The number of nitrogens with two attached hydrogens (primary N) is 1. The molecule has 0 atom stereocenters. The Labute approximate surface area is 117 Å². The first-order chi connectivity index (χ1) is 9.79. The van der Waals surface area contributed by atoms with Crippen molar-refractivity contribution in [2.75, 3.05) is 13.1 Å². The molecule has 0 spiro atoms. The fraction of sp³-hybridized carbons (Fsp3) is 0.200. The van der Waals surface area contributed by atoms with Gasteiger partial charge in [0.15, 0.2) is 0 Å². The van der Waals surface area contributed by atoms with Crippen LogP contribution in [0.5, 0.6) is 0 Å². The Morgan fingerprint density at radius 3 is 3.10 bits per heavy atom. The largest absolute Gasteiger partial charge is 0.350 e. The second kappa shape index (κ2) is 7.12. The predicted molar refractivity (Wildman–Crippen MR) is 76.9 cm³/mol. The molecule has 1 aromatic carbocycles. The number of benzene rings is 1. The lowest BCUT2D eigenvalue weighted by Gasteiger charge is -2.06. The van der Waals surface area contributed by atoms with Crippen LogP contribution in [0.2, 0.25) is 0 Å². The standard InChI is InChI=1S/C15H16N4O/c16-6-2-4-13-3-1-5-14(11-13)15(20)18-8-10-19-9-7-17-12-19/h1,3,5,7,9,11-12H,6,8,10,16H2,(H,18,20). The van der Waals surface area contributed by atoms with Crippen molar-refractivity contribution in [2.45, 2.75) is 6.54 Å². The third-order valence-electron chi connectivity index (χ3n) is 2.67. The van der Waals surface area contributed by atoms with Gasteiger partial charge in [0.2, 0.25) is 0 Å². The maximum atomic E-state index is 12.0. The molecule has 0 fully saturated rings. The van der Waals surface area contributed by atoms with Crippen molar-refractivity contribution in [3.05, 3.63) is 54.1 Å². The van der Waals surface area contributed by atoms with Crippen LogP contribution in [0.25, 0.3) is 0 Å². The minimum atomic E-state index is -0.110. The van der Waals surface area contributed by atoms with E-state index in [1.165, 1.54) is 0 Å². The quantitative estimate of drug-likeness (QED) is 0.799. The van der Waals surface area contributed by atoms with Crippen molar-refractivity contribution in [2.24, 2.45) is 5.73 Å². The SMILES string of the molecule is NCC#Cc1cccc(C(=O)NCCn2ccnc2)c1. The first kappa shape index (κ1) is 13.8. The number of hydrogen-bond donors (Lipinski definition) is 2. The number of nitrogens with one attached hydrogen (secondary N) is 1. The molecule has 1 amide bonds. The smallest absolute Gasteiger partial charge is 0.251 e. The lowest BCUT2D eigenvalue weighted by Crippen LogP contribution is -2.27. The van der Waals surface area contributed by atoms with Crippen LogP contribution in [0.1, 0.15) is 15.9 Å². The summed E-state index contributed by atoms with van der Waals surface area (Å²) in [5.74, 6) is 5.57. The average Bonchev–Trinajstić information content (AvgIpc) is 2.98. The highest BCUT2D eigenvalue weighted by atomic mass is 16.1. The van der Waals surface area contributed by atoms with Gasteiger partial charge in [-0.3, -0.25) is 4.79 Å². The molecule has 0 radical (unpaired) electrons. The summed E-state index contributed by atoms with van der Waals surface area (Å²) in [6.07, 6.45) is 5.28. The normalized spacial score (nSPS) is 9.65. The highest BCUT2D eigenvalue weighted by Gasteiger charge is 2.04. The summed E-state index contributed by atoms with van der Waals surface area (Å²) in [5, 5.41) is 2.86. The first-order valence-electron chi connectivity index (χ1n) is 6.32. The second-order valence-corrected chi connectivity index (χ2v) is 4.14. The van der Waals surface area contributed by atoms with Gasteiger partial charge >= 0.3 is 0 Å². The fourth-order valence-electron chi connectivity index (χ4n) is 1.71. The van der Waals surface area contributed by atoms with Gasteiger partial charge in [-0.2, -0.15) is 0 Å². The zero-order chi connectivity index (χ0) is 14.2. The highest BCUT2D eigenvalue weighted by molar-refractivity contribution is 5.94. The lowest BCUT2D eigenvalue weighted by atomic mass is 10.1. The summed E-state index contributed by atoms with van der Waals surface area (Å²) in [4.78, 5) is 15.9. The van der Waals surface area contributed by atoms with Crippen LogP contribution in [-0.2, 0) is 6.54 Å². The van der Waals surface area contributed by atoms with Gasteiger partial charge in [0, 0.05) is 36.6 Å². The van der Waals surface area contributed by atoms with Crippen LogP contribution >= 0.6 is 0 Å². The van der Waals surface area contributed by atoms with Crippen molar-refractivity contribution >= 4 is 5.91 Å². The maximum absolute atomic E-state index is 12.0. The van der Waals surface area contributed by atoms with E-state index in [9.17, 15) is 4.79 Å². The minimum Gasteiger partial charge on any atom is -0.350 e. The number of rotatable bonds is 4. The molecule has 5 heteroatoms. The van der Waals surface area contributed by atoms with Crippen LogP contribution in [-0.4, -0.2) is 28.5 Å². The number of nitrogens with zero attached hydrogens (tertiary/aromatic N) is 2. The van der Waals surface area contributed by atoms with E-state index in [1.54, 1.807) is 24.7 Å². The van der Waals surface area contributed by atoms with Gasteiger partial charge in [-0.15, -0.1) is 0 Å². The van der Waals surface area contributed by atoms with E-state index in [1.807, 2.05) is 22.9 Å². The molecule has 0 aliphatic heterocycles. The molecule has 2 rings (SSSR count). The Balaban J connectivity index is 1.91.